The molecule has 1 atom stereocenters. The zero-order valence-corrected chi connectivity index (χ0v) is 17.0. The van der Waals surface area contributed by atoms with Gasteiger partial charge in [0.1, 0.15) is 11.6 Å². The van der Waals surface area contributed by atoms with Gasteiger partial charge in [-0.3, -0.25) is 9.59 Å². The van der Waals surface area contributed by atoms with Crippen molar-refractivity contribution in [2.45, 2.75) is 12.5 Å². The van der Waals surface area contributed by atoms with Crippen molar-refractivity contribution < 1.29 is 19.1 Å². The lowest BCUT2D eigenvalue weighted by Gasteiger charge is -2.26. The Morgan fingerprint density at radius 1 is 1.14 bits per heavy atom. The minimum Gasteiger partial charge on any atom is -0.507 e. The second-order valence-electron chi connectivity index (χ2n) is 7.18. The van der Waals surface area contributed by atoms with Crippen LogP contribution in [0.1, 0.15) is 23.6 Å². The van der Waals surface area contributed by atoms with Crippen LogP contribution in [0.15, 0.2) is 54.1 Å². The SMILES string of the molecule is CN(C)CCCN1C(=O)C(=O)/C(=C(/O)c2ccc(Cl)cc2)C1c1ccccc1F. The third-order valence-corrected chi connectivity index (χ3v) is 5.11. The zero-order chi connectivity index (χ0) is 21.1. The van der Waals surface area contributed by atoms with Crippen LogP contribution in [0.2, 0.25) is 5.02 Å². The first-order chi connectivity index (χ1) is 13.8. The van der Waals surface area contributed by atoms with Gasteiger partial charge < -0.3 is 14.9 Å². The second kappa shape index (κ2) is 8.76. The van der Waals surface area contributed by atoms with Gasteiger partial charge in [0.2, 0.25) is 0 Å². The average Bonchev–Trinajstić information content (AvgIpc) is 2.93. The summed E-state index contributed by atoms with van der Waals surface area (Å²) in [5.41, 5.74) is 0.390. The Balaban J connectivity index is 2.11. The highest BCUT2D eigenvalue weighted by molar-refractivity contribution is 6.46. The lowest BCUT2D eigenvalue weighted by Crippen LogP contribution is -2.32. The van der Waals surface area contributed by atoms with Gasteiger partial charge in [-0.1, -0.05) is 29.8 Å². The summed E-state index contributed by atoms with van der Waals surface area (Å²) in [6.45, 7) is 0.962. The number of hydrogen-bond donors (Lipinski definition) is 1. The molecule has 1 heterocycles. The van der Waals surface area contributed by atoms with Crippen molar-refractivity contribution in [3.8, 4) is 0 Å². The predicted octanol–water partition coefficient (Wildman–Crippen LogP) is 3.85. The maximum atomic E-state index is 14.6. The molecule has 0 aromatic heterocycles. The first kappa shape index (κ1) is 21.0. The number of amides is 1. The predicted molar refractivity (Wildman–Crippen MR) is 110 cm³/mol. The topological polar surface area (TPSA) is 60.9 Å². The highest BCUT2D eigenvalue weighted by Crippen LogP contribution is 2.40. The number of Topliss-reactive ketones (excluding diaryl/α,β-unsaturated/α-hetero) is 1. The van der Waals surface area contributed by atoms with E-state index in [0.717, 1.165) is 0 Å². The highest BCUT2D eigenvalue weighted by Gasteiger charge is 2.46. The lowest BCUT2D eigenvalue weighted by atomic mass is 9.95. The van der Waals surface area contributed by atoms with Crippen LogP contribution < -0.4 is 0 Å². The number of aliphatic hydroxyl groups excluding tert-OH is 1. The van der Waals surface area contributed by atoms with Gasteiger partial charge in [-0.2, -0.15) is 0 Å². The molecule has 2 aromatic carbocycles. The summed E-state index contributed by atoms with van der Waals surface area (Å²) in [7, 11) is 3.81. The molecule has 1 N–H and O–H groups in total. The van der Waals surface area contributed by atoms with Gasteiger partial charge >= 0.3 is 0 Å². The van der Waals surface area contributed by atoms with Crippen LogP contribution in [-0.4, -0.2) is 53.8 Å². The van der Waals surface area contributed by atoms with Crippen LogP contribution in [0.5, 0.6) is 0 Å². The van der Waals surface area contributed by atoms with Gasteiger partial charge in [-0.25, -0.2) is 4.39 Å². The van der Waals surface area contributed by atoms with Gasteiger partial charge in [-0.05, 0) is 57.4 Å². The van der Waals surface area contributed by atoms with E-state index in [2.05, 4.69) is 0 Å². The van der Waals surface area contributed by atoms with E-state index in [0.29, 0.717) is 23.6 Å². The molecule has 3 rings (SSSR count). The molecule has 152 valence electrons. The maximum absolute atomic E-state index is 14.6. The number of carbonyl (C=O) groups is 2. The molecule has 5 nitrogen and oxygen atoms in total. The van der Waals surface area contributed by atoms with Crippen molar-refractivity contribution in [3.63, 3.8) is 0 Å². The van der Waals surface area contributed by atoms with Crippen LogP contribution in [0, 0.1) is 5.82 Å². The van der Waals surface area contributed by atoms with Crippen LogP contribution in [0.4, 0.5) is 4.39 Å². The number of hydrogen-bond acceptors (Lipinski definition) is 4. The van der Waals surface area contributed by atoms with Crippen molar-refractivity contribution in [2.24, 2.45) is 0 Å². The summed E-state index contributed by atoms with van der Waals surface area (Å²) in [4.78, 5) is 28.9. The van der Waals surface area contributed by atoms with E-state index in [9.17, 15) is 19.1 Å². The first-order valence-electron chi connectivity index (χ1n) is 9.24. The number of benzene rings is 2. The number of likely N-dealkylation sites (tertiary alicyclic amines) is 1. The molecule has 0 saturated carbocycles. The van der Waals surface area contributed by atoms with Gasteiger partial charge in [0.15, 0.2) is 0 Å². The fourth-order valence-electron chi connectivity index (χ4n) is 3.45. The summed E-state index contributed by atoms with van der Waals surface area (Å²) < 4.78 is 14.6. The van der Waals surface area contributed by atoms with E-state index in [1.54, 1.807) is 30.3 Å². The Hall–Kier alpha value is -2.70. The molecular weight excluding hydrogens is 395 g/mol. The van der Waals surface area contributed by atoms with Gasteiger partial charge in [0.05, 0.1) is 11.6 Å². The normalized spacial score (nSPS) is 18.7. The van der Waals surface area contributed by atoms with E-state index in [1.807, 2.05) is 19.0 Å². The van der Waals surface area contributed by atoms with E-state index in [4.69, 9.17) is 11.6 Å². The quantitative estimate of drug-likeness (QED) is 0.441. The number of carbonyl (C=O) groups excluding carboxylic acids is 2. The van der Waals surface area contributed by atoms with E-state index in [-0.39, 0.29) is 23.4 Å². The van der Waals surface area contributed by atoms with Crippen molar-refractivity contribution >= 4 is 29.1 Å². The minimum absolute atomic E-state index is 0.118. The summed E-state index contributed by atoms with van der Waals surface area (Å²) in [5.74, 6) is -2.45. The van der Waals surface area contributed by atoms with Crippen molar-refractivity contribution in [1.29, 1.82) is 0 Å². The molecule has 29 heavy (non-hydrogen) atoms. The van der Waals surface area contributed by atoms with Crippen LogP contribution in [0.3, 0.4) is 0 Å². The largest absolute Gasteiger partial charge is 0.507 e. The Labute approximate surface area is 174 Å². The van der Waals surface area contributed by atoms with Gasteiger partial charge in [-0.15, -0.1) is 0 Å². The molecule has 1 unspecified atom stereocenters. The lowest BCUT2D eigenvalue weighted by molar-refractivity contribution is -0.140. The molecule has 1 fully saturated rings. The molecular formula is C22H22ClFN2O3. The van der Waals surface area contributed by atoms with Gasteiger partial charge in [0, 0.05) is 22.7 Å². The third-order valence-electron chi connectivity index (χ3n) is 4.86. The Kier molecular flexibility index (Phi) is 6.35. The summed E-state index contributed by atoms with van der Waals surface area (Å²) in [6.07, 6.45) is 0.603. The number of rotatable bonds is 6. The molecule has 1 aliphatic rings. The zero-order valence-electron chi connectivity index (χ0n) is 16.2. The van der Waals surface area contributed by atoms with Gasteiger partial charge in [0.25, 0.3) is 11.7 Å². The number of ketones is 1. The summed E-state index contributed by atoms with van der Waals surface area (Å²) in [5, 5.41) is 11.3. The third kappa shape index (κ3) is 4.33. The fourth-order valence-corrected chi connectivity index (χ4v) is 3.58. The van der Waals surface area contributed by atoms with Crippen LogP contribution in [-0.2, 0) is 9.59 Å². The molecule has 0 bridgehead atoms. The highest BCUT2D eigenvalue weighted by atomic mass is 35.5. The first-order valence-corrected chi connectivity index (χ1v) is 9.62. The number of aliphatic hydroxyl groups is 1. The maximum Gasteiger partial charge on any atom is 0.295 e. The Morgan fingerprint density at radius 2 is 1.79 bits per heavy atom. The minimum atomic E-state index is -0.992. The average molecular weight is 417 g/mol. The molecule has 2 aromatic rings. The molecule has 1 saturated heterocycles. The van der Waals surface area contributed by atoms with Crippen LogP contribution in [0.25, 0.3) is 5.76 Å². The summed E-state index contributed by atoms with van der Waals surface area (Å²) >= 11 is 5.90. The molecule has 0 spiro atoms. The van der Waals surface area contributed by atoms with Crippen molar-refractivity contribution in [2.75, 3.05) is 27.2 Å². The number of halogens is 2. The van der Waals surface area contributed by atoms with Crippen molar-refractivity contribution in [1.82, 2.24) is 9.80 Å². The van der Waals surface area contributed by atoms with E-state index >= 15 is 0 Å². The van der Waals surface area contributed by atoms with E-state index in [1.165, 1.54) is 23.1 Å². The molecule has 0 aliphatic carbocycles. The monoisotopic (exact) mass is 416 g/mol. The standard InChI is InChI=1S/C22H22ClFN2O3/c1-25(2)12-5-13-26-19(16-6-3-4-7-17(16)24)18(21(28)22(26)29)20(27)14-8-10-15(23)11-9-14/h3-4,6-11,19,27H,5,12-13H2,1-2H3/b20-18+. The van der Waals surface area contributed by atoms with Crippen LogP contribution >= 0.6 is 11.6 Å². The molecule has 1 aliphatic heterocycles. The van der Waals surface area contributed by atoms with Crippen molar-refractivity contribution in [3.05, 3.63) is 76.1 Å². The Morgan fingerprint density at radius 3 is 2.41 bits per heavy atom. The number of nitrogens with zero attached hydrogens (tertiary/aromatic N) is 2. The second-order valence-corrected chi connectivity index (χ2v) is 7.61. The Bertz CT molecular complexity index is 957. The molecule has 7 heteroatoms. The fraction of sp³-hybridized carbons (Fsp3) is 0.273. The smallest absolute Gasteiger partial charge is 0.295 e. The molecule has 1 amide bonds. The van der Waals surface area contributed by atoms with E-state index < -0.39 is 23.5 Å². The summed E-state index contributed by atoms with van der Waals surface area (Å²) in [6, 6.07) is 11.2. The molecule has 0 radical (unpaired) electrons.